The average Bonchev–Trinajstić information content (AvgIpc) is 2.73. The molecule has 0 aliphatic carbocycles. The van der Waals surface area contributed by atoms with Crippen LogP contribution in [0.5, 0.6) is 0 Å². The van der Waals surface area contributed by atoms with Crippen LogP contribution in [0.4, 0.5) is 20.3 Å². The van der Waals surface area contributed by atoms with Crippen LogP contribution in [-0.4, -0.2) is 42.1 Å². The molecule has 1 saturated heterocycles. The van der Waals surface area contributed by atoms with Crippen LogP contribution in [-0.2, 0) is 0 Å². The highest BCUT2D eigenvalue weighted by molar-refractivity contribution is 5.93. The van der Waals surface area contributed by atoms with Crippen molar-refractivity contribution in [2.75, 3.05) is 36.0 Å². The fourth-order valence-corrected chi connectivity index (χ4v) is 3.43. The summed E-state index contributed by atoms with van der Waals surface area (Å²) in [6.07, 6.45) is -2.71. The normalized spacial score (nSPS) is 14.7. The number of fused-ring (bicyclic) bond motifs is 1. The zero-order chi connectivity index (χ0) is 19.7. The number of anilines is 2. The fourth-order valence-electron chi connectivity index (χ4n) is 3.43. The summed E-state index contributed by atoms with van der Waals surface area (Å²) < 4.78 is 26.5. The topological polar surface area (TPSA) is 75.4 Å². The van der Waals surface area contributed by atoms with Gasteiger partial charge in [0.2, 0.25) is 5.91 Å². The second kappa shape index (κ2) is 7.38. The van der Waals surface area contributed by atoms with E-state index < -0.39 is 18.2 Å². The first-order valence-electron chi connectivity index (χ1n) is 8.97. The van der Waals surface area contributed by atoms with E-state index in [1.807, 2.05) is 29.2 Å². The number of amides is 1. The summed E-state index contributed by atoms with van der Waals surface area (Å²) in [5, 5.41) is 0.770. The number of alkyl halides is 2. The van der Waals surface area contributed by atoms with Gasteiger partial charge in [0.05, 0.1) is 5.52 Å². The van der Waals surface area contributed by atoms with Crippen molar-refractivity contribution in [3.05, 3.63) is 59.9 Å². The maximum absolute atomic E-state index is 13.2. The Kier molecular flexibility index (Phi) is 4.77. The summed E-state index contributed by atoms with van der Waals surface area (Å²) >= 11 is 0. The fraction of sp³-hybridized carbons (Fsp3) is 0.250. The van der Waals surface area contributed by atoms with Crippen LogP contribution in [0.15, 0.2) is 48.5 Å². The minimum Gasteiger partial charge on any atom is -0.368 e. The number of halogens is 2. The van der Waals surface area contributed by atoms with Crippen LogP contribution >= 0.6 is 0 Å². The molecule has 0 spiro atoms. The number of nitrogens with two attached hydrogens (primary N) is 1. The van der Waals surface area contributed by atoms with Gasteiger partial charge >= 0.3 is 0 Å². The molecule has 1 aliphatic heterocycles. The second-order valence-corrected chi connectivity index (χ2v) is 6.61. The molecule has 1 amide bonds. The number of primary amides is 1. The van der Waals surface area contributed by atoms with Crippen LogP contribution in [0, 0.1) is 0 Å². The Hall–Kier alpha value is -3.29. The molecule has 6 nitrogen and oxygen atoms in total. The molecule has 28 heavy (non-hydrogen) atoms. The maximum atomic E-state index is 13.2. The smallest absolute Gasteiger partial charge is 0.297 e. The van der Waals surface area contributed by atoms with Crippen LogP contribution < -0.4 is 15.5 Å². The molecule has 0 saturated carbocycles. The first-order chi connectivity index (χ1) is 13.5. The lowest BCUT2D eigenvalue weighted by Gasteiger charge is -2.37. The lowest BCUT2D eigenvalue weighted by molar-refractivity contribution is 0.1000. The lowest BCUT2D eigenvalue weighted by atomic mass is 10.1. The van der Waals surface area contributed by atoms with Gasteiger partial charge in [-0.15, -0.1) is 0 Å². The van der Waals surface area contributed by atoms with Gasteiger partial charge < -0.3 is 15.5 Å². The van der Waals surface area contributed by atoms with Gasteiger partial charge in [0, 0.05) is 42.8 Å². The molecule has 3 aromatic rings. The van der Waals surface area contributed by atoms with Gasteiger partial charge in [0.15, 0.2) is 5.82 Å². The van der Waals surface area contributed by atoms with Crippen molar-refractivity contribution < 1.29 is 13.6 Å². The number of hydrogen-bond acceptors (Lipinski definition) is 5. The number of piperazine rings is 1. The van der Waals surface area contributed by atoms with Crippen LogP contribution in [0.2, 0.25) is 0 Å². The summed E-state index contributed by atoms with van der Waals surface area (Å²) in [5.41, 5.74) is 7.26. The molecule has 1 aromatic heterocycles. The number of nitrogens with zero attached hydrogens (tertiary/aromatic N) is 4. The predicted molar refractivity (Wildman–Crippen MR) is 104 cm³/mol. The molecule has 1 aliphatic rings. The zero-order valence-corrected chi connectivity index (χ0v) is 15.1. The molecule has 2 heterocycles. The number of rotatable bonds is 4. The molecule has 2 aromatic carbocycles. The third-order valence-electron chi connectivity index (χ3n) is 4.89. The van der Waals surface area contributed by atoms with Crippen molar-refractivity contribution in [3.63, 3.8) is 0 Å². The van der Waals surface area contributed by atoms with E-state index in [-0.39, 0.29) is 0 Å². The summed E-state index contributed by atoms with van der Waals surface area (Å²) in [7, 11) is 0. The first kappa shape index (κ1) is 18.1. The first-order valence-corrected chi connectivity index (χ1v) is 8.97. The van der Waals surface area contributed by atoms with E-state index in [1.54, 1.807) is 24.3 Å². The van der Waals surface area contributed by atoms with Crippen LogP contribution in [0.3, 0.4) is 0 Å². The highest BCUT2D eigenvalue weighted by Gasteiger charge is 2.23. The van der Waals surface area contributed by atoms with Crippen molar-refractivity contribution >= 4 is 28.3 Å². The lowest BCUT2D eigenvalue weighted by Crippen LogP contribution is -2.47. The van der Waals surface area contributed by atoms with E-state index in [0.717, 1.165) is 11.1 Å². The molecular formula is C20H19F2N5O. The Labute approximate surface area is 160 Å². The van der Waals surface area contributed by atoms with Gasteiger partial charge in [0.1, 0.15) is 5.82 Å². The number of carbonyl (C=O) groups is 1. The summed E-state index contributed by atoms with van der Waals surface area (Å²) in [4.78, 5) is 23.5. The standard InChI is InChI=1S/C20H19F2N5O/c21-17(22)19-24-16-4-2-1-3-15(16)20(25-19)27-11-9-26(10-12-27)14-7-5-13(6-8-14)18(23)28/h1-8,17H,9-12H2,(H2,23,28). The number of para-hydroxylation sites is 1. The molecule has 0 bridgehead atoms. The van der Waals surface area contributed by atoms with E-state index in [0.29, 0.717) is 43.1 Å². The van der Waals surface area contributed by atoms with E-state index in [1.165, 1.54) is 0 Å². The van der Waals surface area contributed by atoms with Gasteiger partial charge in [0.25, 0.3) is 6.43 Å². The number of carbonyl (C=O) groups excluding carboxylic acids is 1. The SMILES string of the molecule is NC(=O)c1ccc(N2CCN(c3nc(C(F)F)nc4ccccc34)CC2)cc1. The Balaban J connectivity index is 1.56. The quantitative estimate of drug-likeness (QED) is 0.750. The van der Waals surface area contributed by atoms with Crippen molar-refractivity contribution in [1.29, 1.82) is 0 Å². The van der Waals surface area contributed by atoms with E-state index in [4.69, 9.17) is 5.73 Å². The molecule has 0 radical (unpaired) electrons. The highest BCUT2D eigenvalue weighted by atomic mass is 19.3. The van der Waals surface area contributed by atoms with E-state index in [2.05, 4.69) is 14.9 Å². The Morgan fingerprint density at radius 2 is 1.57 bits per heavy atom. The van der Waals surface area contributed by atoms with Crippen LogP contribution in [0.25, 0.3) is 10.9 Å². The highest BCUT2D eigenvalue weighted by Crippen LogP contribution is 2.28. The van der Waals surface area contributed by atoms with E-state index in [9.17, 15) is 13.6 Å². The Morgan fingerprint density at radius 3 is 2.21 bits per heavy atom. The number of aromatic nitrogens is 2. The maximum Gasteiger partial charge on any atom is 0.297 e. The van der Waals surface area contributed by atoms with Crippen LogP contribution in [0.1, 0.15) is 22.6 Å². The average molecular weight is 383 g/mol. The Bertz CT molecular complexity index is 1000. The van der Waals surface area contributed by atoms with Gasteiger partial charge in [-0.05, 0) is 36.4 Å². The molecule has 144 valence electrons. The minimum atomic E-state index is -2.71. The monoisotopic (exact) mass is 383 g/mol. The van der Waals surface area contributed by atoms with Crippen molar-refractivity contribution in [2.24, 2.45) is 5.73 Å². The van der Waals surface area contributed by atoms with Crippen molar-refractivity contribution in [3.8, 4) is 0 Å². The van der Waals surface area contributed by atoms with Gasteiger partial charge in [-0.25, -0.2) is 18.7 Å². The van der Waals surface area contributed by atoms with E-state index >= 15 is 0 Å². The number of benzene rings is 2. The van der Waals surface area contributed by atoms with Crippen molar-refractivity contribution in [2.45, 2.75) is 6.43 Å². The van der Waals surface area contributed by atoms with Gasteiger partial charge in [-0.2, -0.15) is 0 Å². The summed E-state index contributed by atoms with van der Waals surface area (Å²) in [6.45, 7) is 2.69. The second-order valence-electron chi connectivity index (χ2n) is 6.61. The molecule has 8 heteroatoms. The summed E-state index contributed by atoms with van der Waals surface area (Å²) in [5.74, 6) is -0.357. The largest absolute Gasteiger partial charge is 0.368 e. The molecule has 4 rings (SSSR count). The predicted octanol–water partition coefficient (Wildman–Crippen LogP) is 2.99. The minimum absolute atomic E-state index is 0.446. The molecular weight excluding hydrogens is 364 g/mol. The van der Waals surface area contributed by atoms with Gasteiger partial charge in [-0.3, -0.25) is 4.79 Å². The number of hydrogen-bond donors (Lipinski definition) is 1. The Morgan fingerprint density at radius 1 is 0.929 bits per heavy atom. The third-order valence-corrected chi connectivity index (χ3v) is 4.89. The van der Waals surface area contributed by atoms with Crippen molar-refractivity contribution in [1.82, 2.24) is 9.97 Å². The molecule has 0 atom stereocenters. The molecule has 0 unspecified atom stereocenters. The molecule has 1 fully saturated rings. The summed E-state index contributed by atoms with van der Waals surface area (Å²) in [6, 6.07) is 14.4. The zero-order valence-electron chi connectivity index (χ0n) is 15.1. The molecule has 2 N–H and O–H groups in total. The third kappa shape index (κ3) is 3.45. The van der Waals surface area contributed by atoms with Gasteiger partial charge in [-0.1, -0.05) is 12.1 Å².